The molecule has 0 bridgehead atoms. The standard InChI is InChI=1S/C17H19N3O3S/c21-15(8-5-11-3-1-2-4-11)18-17-20-19-16(24-17)12-6-7-13-14(9-12)23-10-22-13/h6-7,9,11H,1-5,8,10H2,(H,18,20,21). The summed E-state index contributed by atoms with van der Waals surface area (Å²) in [6, 6.07) is 5.66. The van der Waals surface area contributed by atoms with Gasteiger partial charge in [0.2, 0.25) is 17.8 Å². The van der Waals surface area contributed by atoms with Crippen molar-refractivity contribution >= 4 is 22.4 Å². The molecule has 6 nitrogen and oxygen atoms in total. The van der Waals surface area contributed by atoms with Crippen LogP contribution in [0, 0.1) is 5.92 Å². The summed E-state index contributed by atoms with van der Waals surface area (Å²) in [6.45, 7) is 0.247. The van der Waals surface area contributed by atoms with Gasteiger partial charge in [0, 0.05) is 12.0 Å². The number of rotatable bonds is 5. The molecule has 126 valence electrons. The number of anilines is 1. The normalized spacial score (nSPS) is 16.5. The zero-order chi connectivity index (χ0) is 16.4. The molecule has 1 saturated carbocycles. The highest BCUT2D eigenvalue weighted by Gasteiger charge is 2.18. The summed E-state index contributed by atoms with van der Waals surface area (Å²) in [6.07, 6.45) is 6.67. The Bertz CT molecular complexity index is 740. The Morgan fingerprint density at radius 3 is 2.92 bits per heavy atom. The van der Waals surface area contributed by atoms with Gasteiger partial charge >= 0.3 is 0 Å². The molecule has 1 N–H and O–H groups in total. The first-order valence-corrected chi connectivity index (χ1v) is 9.13. The Morgan fingerprint density at radius 1 is 1.21 bits per heavy atom. The van der Waals surface area contributed by atoms with Gasteiger partial charge in [0.25, 0.3) is 0 Å². The second-order valence-corrected chi connectivity index (χ2v) is 7.20. The SMILES string of the molecule is O=C(CCC1CCCC1)Nc1nnc(-c2ccc3c(c2)OCO3)s1. The van der Waals surface area contributed by atoms with E-state index in [1.165, 1.54) is 37.0 Å². The van der Waals surface area contributed by atoms with Crippen molar-refractivity contribution in [1.29, 1.82) is 0 Å². The van der Waals surface area contributed by atoms with E-state index in [1.807, 2.05) is 18.2 Å². The van der Waals surface area contributed by atoms with Gasteiger partial charge in [-0.3, -0.25) is 4.79 Å². The third kappa shape index (κ3) is 3.36. The predicted octanol–water partition coefficient (Wildman–Crippen LogP) is 3.84. The highest BCUT2D eigenvalue weighted by atomic mass is 32.1. The third-order valence-corrected chi connectivity index (χ3v) is 5.43. The van der Waals surface area contributed by atoms with E-state index in [1.54, 1.807) is 0 Å². The van der Waals surface area contributed by atoms with Crippen molar-refractivity contribution in [2.75, 3.05) is 12.1 Å². The highest BCUT2D eigenvalue weighted by Crippen LogP contribution is 2.37. The topological polar surface area (TPSA) is 73.3 Å². The Balaban J connectivity index is 1.36. The lowest BCUT2D eigenvalue weighted by molar-refractivity contribution is -0.116. The van der Waals surface area contributed by atoms with Crippen LogP contribution in [0.1, 0.15) is 38.5 Å². The molecule has 2 aliphatic rings. The summed E-state index contributed by atoms with van der Waals surface area (Å²) in [7, 11) is 0. The molecule has 0 spiro atoms. The van der Waals surface area contributed by atoms with Crippen LogP contribution in [0.15, 0.2) is 18.2 Å². The van der Waals surface area contributed by atoms with Crippen LogP contribution < -0.4 is 14.8 Å². The molecule has 1 aliphatic carbocycles. The van der Waals surface area contributed by atoms with Crippen molar-refractivity contribution in [3.8, 4) is 22.1 Å². The third-order valence-electron chi connectivity index (χ3n) is 4.55. The Kier molecular flexibility index (Phi) is 4.34. The van der Waals surface area contributed by atoms with Gasteiger partial charge in [-0.05, 0) is 30.5 Å². The summed E-state index contributed by atoms with van der Waals surface area (Å²) >= 11 is 1.37. The summed E-state index contributed by atoms with van der Waals surface area (Å²) in [5.74, 6) is 2.19. The molecular weight excluding hydrogens is 326 g/mol. The van der Waals surface area contributed by atoms with Gasteiger partial charge in [-0.1, -0.05) is 37.0 Å². The van der Waals surface area contributed by atoms with E-state index in [0.717, 1.165) is 28.7 Å². The summed E-state index contributed by atoms with van der Waals surface area (Å²) in [5.41, 5.74) is 0.906. The number of nitrogens with zero attached hydrogens (tertiary/aromatic N) is 2. The minimum Gasteiger partial charge on any atom is -0.454 e. The fourth-order valence-electron chi connectivity index (χ4n) is 3.24. The lowest BCUT2D eigenvalue weighted by Gasteiger charge is -2.07. The fourth-order valence-corrected chi connectivity index (χ4v) is 3.99. The van der Waals surface area contributed by atoms with Crippen LogP contribution in [0.2, 0.25) is 0 Å². The molecule has 0 radical (unpaired) electrons. The van der Waals surface area contributed by atoms with E-state index in [-0.39, 0.29) is 12.7 Å². The van der Waals surface area contributed by atoms with E-state index in [4.69, 9.17) is 9.47 Å². The van der Waals surface area contributed by atoms with Crippen LogP contribution in [0.4, 0.5) is 5.13 Å². The van der Waals surface area contributed by atoms with Gasteiger partial charge in [-0.25, -0.2) is 0 Å². The number of aromatic nitrogens is 2. The highest BCUT2D eigenvalue weighted by molar-refractivity contribution is 7.18. The van der Waals surface area contributed by atoms with Crippen LogP contribution in [0.3, 0.4) is 0 Å². The summed E-state index contributed by atoms with van der Waals surface area (Å²) in [5, 5.41) is 12.4. The summed E-state index contributed by atoms with van der Waals surface area (Å²) < 4.78 is 10.7. The molecule has 1 aromatic heterocycles. The van der Waals surface area contributed by atoms with Crippen molar-refractivity contribution in [2.45, 2.75) is 38.5 Å². The zero-order valence-corrected chi connectivity index (χ0v) is 14.1. The number of carbonyl (C=O) groups excluding carboxylic acids is 1. The maximum Gasteiger partial charge on any atom is 0.231 e. The quantitative estimate of drug-likeness (QED) is 0.891. The summed E-state index contributed by atoms with van der Waals surface area (Å²) in [4.78, 5) is 12.1. The van der Waals surface area contributed by atoms with Crippen molar-refractivity contribution in [3.63, 3.8) is 0 Å². The number of hydrogen-bond acceptors (Lipinski definition) is 6. The van der Waals surface area contributed by atoms with E-state index < -0.39 is 0 Å². The molecule has 24 heavy (non-hydrogen) atoms. The number of amides is 1. The van der Waals surface area contributed by atoms with Gasteiger partial charge in [0.1, 0.15) is 5.01 Å². The number of fused-ring (bicyclic) bond motifs is 1. The second-order valence-electron chi connectivity index (χ2n) is 6.22. The van der Waals surface area contributed by atoms with Crippen LogP contribution in [-0.4, -0.2) is 22.9 Å². The molecule has 1 amide bonds. The van der Waals surface area contributed by atoms with E-state index in [9.17, 15) is 4.79 Å². The maximum absolute atomic E-state index is 12.1. The molecule has 2 aromatic rings. The van der Waals surface area contributed by atoms with Gasteiger partial charge in [0.15, 0.2) is 11.5 Å². The van der Waals surface area contributed by atoms with E-state index >= 15 is 0 Å². The fraction of sp³-hybridized carbons (Fsp3) is 0.471. The monoisotopic (exact) mass is 345 g/mol. The average molecular weight is 345 g/mol. The van der Waals surface area contributed by atoms with Crippen LogP contribution >= 0.6 is 11.3 Å². The molecule has 1 aliphatic heterocycles. The molecule has 0 saturated heterocycles. The van der Waals surface area contributed by atoms with Crippen molar-refractivity contribution in [2.24, 2.45) is 5.92 Å². The van der Waals surface area contributed by atoms with Crippen molar-refractivity contribution < 1.29 is 14.3 Å². The van der Waals surface area contributed by atoms with Crippen LogP contribution in [0.25, 0.3) is 10.6 Å². The van der Waals surface area contributed by atoms with Gasteiger partial charge in [-0.15, -0.1) is 10.2 Å². The van der Waals surface area contributed by atoms with Crippen LogP contribution in [0.5, 0.6) is 11.5 Å². The molecule has 4 rings (SSSR count). The lowest BCUT2D eigenvalue weighted by atomic mass is 10.0. The predicted molar refractivity (Wildman–Crippen MR) is 91.3 cm³/mol. The lowest BCUT2D eigenvalue weighted by Crippen LogP contribution is -2.12. The minimum atomic E-state index is 0.0234. The van der Waals surface area contributed by atoms with E-state index in [2.05, 4.69) is 15.5 Å². The molecule has 0 unspecified atom stereocenters. The van der Waals surface area contributed by atoms with Gasteiger partial charge in [0.05, 0.1) is 0 Å². The molecule has 0 atom stereocenters. The molecule has 2 heterocycles. The van der Waals surface area contributed by atoms with Gasteiger partial charge in [-0.2, -0.15) is 0 Å². The van der Waals surface area contributed by atoms with Crippen molar-refractivity contribution in [1.82, 2.24) is 10.2 Å². The molecular formula is C17H19N3O3S. The first-order valence-electron chi connectivity index (χ1n) is 8.31. The molecule has 1 aromatic carbocycles. The number of benzene rings is 1. The van der Waals surface area contributed by atoms with E-state index in [0.29, 0.717) is 17.3 Å². The largest absolute Gasteiger partial charge is 0.454 e. The number of ether oxygens (including phenoxy) is 2. The maximum atomic E-state index is 12.1. The Morgan fingerprint density at radius 2 is 2.04 bits per heavy atom. The second kappa shape index (κ2) is 6.76. The van der Waals surface area contributed by atoms with Crippen molar-refractivity contribution in [3.05, 3.63) is 18.2 Å². The molecule has 7 heteroatoms. The minimum absolute atomic E-state index is 0.0234. The number of hydrogen-bond donors (Lipinski definition) is 1. The molecule has 1 fully saturated rings. The van der Waals surface area contributed by atoms with Crippen LogP contribution in [-0.2, 0) is 4.79 Å². The van der Waals surface area contributed by atoms with Gasteiger partial charge < -0.3 is 14.8 Å². The number of carbonyl (C=O) groups is 1. The number of nitrogens with one attached hydrogen (secondary N) is 1. The first kappa shape index (κ1) is 15.4. The average Bonchev–Trinajstić information content (AvgIpc) is 3.33. The Labute approximate surface area is 144 Å². The smallest absolute Gasteiger partial charge is 0.231 e. The first-order chi connectivity index (χ1) is 11.8. The Hall–Kier alpha value is -2.15. The zero-order valence-electron chi connectivity index (χ0n) is 13.3.